The van der Waals surface area contributed by atoms with Crippen LogP contribution in [0.2, 0.25) is 0 Å². The maximum absolute atomic E-state index is 12.9. The third-order valence-electron chi connectivity index (χ3n) is 1.91. The minimum atomic E-state index is -0.533. The molecule has 1 atom stereocenters. The Morgan fingerprint density at radius 1 is 1.62 bits per heavy atom. The number of benzene rings is 1. The summed E-state index contributed by atoms with van der Waals surface area (Å²) in [4.78, 5) is 0. The molecule has 0 radical (unpaired) electrons. The maximum atomic E-state index is 12.9. The number of nitrogens with two attached hydrogens (primary N) is 1. The van der Waals surface area contributed by atoms with Gasteiger partial charge in [0.05, 0.1) is 6.04 Å². The van der Waals surface area contributed by atoms with Crippen LogP contribution < -0.4 is 5.73 Å². The van der Waals surface area contributed by atoms with Gasteiger partial charge >= 0.3 is 0 Å². The van der Waals surface area contributed by atoms with Crippen molar-refractivity contribution in [1.29, 1.82) is 0 Å². The summed E-state index contributed by atoms with van der Waals surface area (Å²) < 4.78 is 12.9. The Balaban J connectivity index is 3.27. The van der Waals surface area contributed by atoms with Gasteiger partial charge in [-0.25, -0.2) is 4.39 Å². The standard InChI is InChI=1S/C10H12FNO/c1-3-9(12)8-5-7(11)4-6(2)10(8)13/h3-5,9,13H,1,12H2,2H3/t9-/m0/s1. The molecule has 3 N–H and O–H groups in total. The summed E-state index contributed by atoms with van der Waals surface area (Å²) in [5.41, 5.74) is 6.44. The average Bonchev–Trinajstić information content (AvgIpc) is 2.10. The molecule has 2 nitrogen and oxygen atoms in total. The zero-order valence-corrected chi connectivity index (χ0v) is 7.42. The summed E-state index contributed by atoms with van der Waals surface area (Å²) in [5.74, 6) is -0.364. The average molecular weight is 181 g/mol. The van der Waals surface area contributed by atoms with E-state index >= 15 is 0 Å². The predicted octanol–water partition coefficient (Wildman–Crippen LogP) is 2.03. The third-order valence-corrected chi connectivity index (χ3v) is 1.91. The van der Waals surface area contributed by atoms with Gasteiger partial charge in [-0.05, 0) is 24.6 Å². The molecule has 1 aromatic carbocycles. The molecule has 1 rings (SSSR count). The molecule has 0 bridgehead atoms. The summed E-state index contributed by atoms with van der Waals surface area (Å²) in [6, 6.07) is 1.94. The second kappa shape index (κ2) is 3.58. The van der Waals surface area contributed by atoms with E-state index in [0.717, 1.165) is 0 Å². The summed E-state index contributed by atoms with van der Waals surface area (Å²) in [7, 11) is 0. The minimum absolute atomic E-state index is 0.0359. The second-order valence-corrected chi connectivity index (χ2v) is 2.92. The first-order chi connectivity index (χ1) is 6.06. The van der Waals surface area contributed by atoms with E-state index in [1.54, 1.807) is 6.92 Å². The Kier molecular flexibility index (Phi) is 2.68. The van der Waals surface area contributed by atoms with Gasteiger partial charge < -0.3 is 10.8 Å². The molecular weight excluding hydrogens is 169 g/mol. The van der Waals surface area contributed by atoms with E-state index in [1.807, 2.05) is 0 Å². The van der Waals surface area contributed by atoms with E-state index in [4.69, 9.17) is 5.73 Å². The monoisotopic (exact) mass is 181 g/mol. The lowest BCUT2D eigenvalue weighted by Crippen LogP contribution is -2.07. The minimum Gasteiger partial charge on any atom is -0.507 e. The first-order valence-electron chi connectivity index (χ1n) is 3.93. The fourth-order valence-electron chi connectivity index (χ4n) is 1.14. The highest BCUT2D eigenvalue weighted by Crippen LogP contribution is 2.27. The van der Waals surface area contributed by atoms with Gasteiger partial charge in [-0.15, -0.1) is 6.58 Å². The lowest BCUT2D eigenvalue weighted by molar-refractivity contribution is 0.458. The van der Waals surface area contributed by atoms with Gasteiger partial charge in [0.25, 0.3) is 0 Å². The van der Waals surface area contributed by atoms with E-state index in [-0.39, 0.29) is 5.75 Å². The first kappa shape index (κ1) is 9.74. The molecule has 0 spiro atoms. The number of halogens is 1. The summed E-state index contributed by atoms with van der Waals surface area (Å²) in [6.45, 7) is 5.10. The molecule has 0 aliphatic heterocycles. The lowest BCUT2D eigenvalue weighted by Gasteiger charge is -2.11. The van der Waals surface area contributed by atoms with Crippen molar-refractivity contribution in [3.05, 3.63) is 41.7 Å². The van der Waals surface area contributed by atoms with E-state index in [1.165, 1.54) is 18.2 Å². The largest absolute Gasteiger partial charge is 0.507 e. The molecule has 0 fully saturated rings. The summed E-state index contributed by atoms with van der Waals surface area (Å²) in [5, 5.41) is 9.53. The van der Waals surface area contributed by atoms with Gasteiger partial charge in [0.15, 0.2) is 0 Å². The highest BCUT2D eigenvalue weighted by molar-refractivity contribution is 5.43. The van der Waals surface area contributed by atoms with Gasteiger partial charge in [-0.1, -0.05) is 6.08 Å². The molecule has 0 amide bonds. The maximum Gasteiger partial charge on any atom is 0.124 e. The zero-order valence-electron chi connectivity index (χ0n) is 7.42. The Bertz CT molecular complexity index is 336. The lowest BCUT2D eigenvalue weighted by atomic mass is 10.0. The van der Waals surface area contributed by atoms with Crippen molar-refractivity contribution in [2.75, 3.05) is 0 Å². The molecule has 0 aliphatic carbocycles. The number of hydrogen-bond acceptors (Lipinski definition) is 2. The molecule has 0 aromatic heterocycles. The van der Waals surface area contributed by atoms with Crippen LogP contribution in [0.25, 0.3) is 0 Å². The van der Waals surface area contributed by atoms with Gasteiger partial charge in [-0.2, -0.15) is 0 Å². The highest BCUT2D eigenvalue weighted by Gasteiger charge is 2.11. The van der Waals surface area contributed by atoms with Gasteiger partial charge in [0.2, 0.25) is 0 Å². The Labute approximate surface area is 76.5 Å². The van der Waals surface area contributed by atoms with Crippen LogP contribution in [0.4, 0.5) is 4.39 Å². The van der Waals surface area contributed by atoms with Crippen LogP contribution in [-0.2, 0) is 0 Å². The van der Waals surface area contributed by atoms with Crippen molar-refractivity contribution in [2.45, 2.75) is 13.0 Å². The van der Waals surface area contributed by atoms with Crippen molar-refractivity contribution in [2.24, 2.45) is 5.73 Å². The molecular formula is C10H12FNO. The predicted molar refractivity (Wildman–Crippen MR) is 49.9 cm³/mol. The topological polar surface area (TPSA) is 46.2 Å². The Hall–Kier alpha value is -1.35. The SMILES string of the molecule is C=C[C@H](N)c1cc(F)cc(C)c1O. The van der Waals surface area contributed by atoms with Crippen LogP contribution in [0.1, 0.15) is 17.2 Å². The van der Waals surface area contributed by atoms with Crippen molar-refractivity contribution < 1.29 is 9.50 Å². The molecule has 13 heavy (non-hydrogen) atoms. The fraction of sp³-hybridized carbons (Fsp3) is 0.200. The van der Waals surface area contributed by atoms with Gasteiger partial charge in [0, 0.05) is 5.56 Å². The Morgan fingerprint density at radius 2 is 2.23 bits per heavy atom. The van der Waals surface area contributed by atoms with Crippen LogP contribution in [0, 0.1) is 12.7 Å². The van der Waals surface area contributed by atoms with E-state index < -0.39 is 11.9 Å². The number of phenolic OH excluding ortho intramolecular Hbond substituents is 1. The van der Waals surface area contributed by atoms with Crippen LogP contribution in [0.3, 0.4) is 0 Å². The van der Waals surface area contributed by atoms with Crippen molar-refractivity contribution >= 4 is 0 Å². The van der Waals surface area contributed by atoms with Crippen molar-refractivity contribution in [3.63, 3.8) is 0 Å². The molecule has 0 saturated heterocycles. The molecule has 0 aliphatic rings. The number of phenols is 1. The number of hydrogen-bond donors (Lipinski definition) is 2. The van der Waals surface area contributed by atoms with E-state index in [9.17, 15) is 9.50 Å². The van der Waals surface area contributed by atoms with Crippen LogP contribution in [0.5, 0.6) is 5.75 Å². The molecule has 1 aromatic rings. The van der Waals surface area contributed by atoms with Crippen molar-refractivity contribution in [3.8, 4) is 5.75 Å². The molecule has 0 saturated carbocycles. The van der Waals surface area contributed by atoms with Gasteiger partial charge in [-0.3, -0.25) is 0 Å². The molecule has 0 unspecified atom stereocenters. The number of aromatic hydroxyl groups is 1. The smallest absolute Gasteiger partial charge is 0.124 e. The van der Waals surface area contributed by atoms with Crippen LogP contribution >= 0.6 is 0 Å². The zero-order chi connectivity index (χ0) is 10.0. The third kappa shape index (κ3) is 1.87. The van der Waals surface area contributed by atoms with Gasteiger partial charge in [0.1, 0.15) is 11.6 Å². The van der Waals surface area contributed by atoms with Crippen LogP contribution in [-0.4, -0.2) is 5.11 Å². The molecule has 3 heteroatoms. The van der Waals surface area contributed by atoms with Crippen LogP contribution in [0.15, 0.2) is 24.8 Å². The summed E-state index contributed by atoms with van der Waals surface area (Å²) >= 11 is 0. The Morgan fingerprint density at radius 3 is 2.77 bits per heavy atom. The molecule has 70 valence electrons. The fourth-order valence-corrected chi connectivity index (χ4v) is 1.14. The quantitative estimate of drug-likeness (QED) is 0.686. The van der Waals surface area contributed by atoms with E-state index in [0.29, 0.717) is 11.1 Å². The van der Waals surface area contributed by atoms with Crippen molar-refractivity contribution in [1.82, 2.24) is 0 Å². The summed E-state index contributed by atoms with van der Waals surface area (Å²) in [6.07, 6.45) is 1.45. The number of rotatable bonds is 2. The first-order valence-corrected chi connectivity index (χ1v) is 3.93. The second-order valence-electron chi connectivity index (χ2n) is 2.92. The molecule has 0 heterocycles. The van der Waals surface area contributed by atoms with E-state index in [2.05, 4.69) is 6.58 Å². The number of aryl methyl sites for hydroxylation is 1. The highest BCUT2D eigenvalue weighted by atomic mass is 19.1. The normalized spacial score (nSPS) is 12.5.